The van der Waals surface area contributed by atoms with Crippen molar-refractivity contribution >= 4 is 0 Å². The van der Waals surface area contributed by atoms with E-state index in [0.717, 1.165) is 12.1 Å². The summed E-state index contributed by atoms with van der Waals surface area (Å²) in [6.07, 6.45) is 18.9. The number of hydrogen-bond donors (Lipinski definition) is 1. The third-order valence-corrected chi connectivity index (χ3v) is 5.17. The number of hydrogen-bond acceptors (Lipinski definition) is 2. The summed E-state index contributed by atoms with van der Waals surface area (Å²) in [5.41, 5.74) is 0. The normalized spacial score (nSPS) is 24.3. The van der Waals surface area contributed by atoms with Gasteiger partial charge in [0.2, 0.25) is 0 Å². The molecule has 0 aliphatic heterocycles. The van der Waals surface area contributed by atoms with Crippen LogP contribution in [0.25, 0.3) is 0 Å². The molecule has 0 spiro atoms. The lowest BCUT2D eigenvalue weighted by atomic mass is 9.98. The minimum atomic E-state index is 0.794. The van der Waals surface area contributed by atoms with Crippen LogP contribution in [-0.4, -0.2) is 37.1 Å². The molecule has 0 unspecified atom stereocenters. The predicted octanol–water partition coefficient (Wildman–Crippen LogP) is 4.34. The van der Waals surface area contributed by atoms with Crippen molar-refractivity contribution in [2.75, 3.05) is 20.1 Å². The first-order valence-electron chi connectivity index (χ1n) is 9.30. The second kappa shape index (κ2) is 9.78. The molecule has 0 amide bonds. The fourth-order valence-corrected chi connectivity index (χ4v) is 3.51. The van der Waals surface area contributed by atoms with Gasteiger partial charge in [0.1, 0.15) is 0 Å². The summed E-state index contributed by atoms with van der Waals surface area (Å²) in [7, 11) is 2.29. The minimum absolute atomic E-state index is 0.794. The van der Waals surface area contributed by atoms with Gasteiger partial charge in [-0.1, -0.05) is 57.8 Å². The molecule has 2 rings (SSSR count). The van der Waals surface area contributed by atoms with Gasteiger partial charge in [0.15, 0.2) is 0 Å². The minimum Gasteiger partial charge on any atom is -0.313 e. The van der Waals surface area contributed by atoms with Crippen LogP contribution in [0.1, 0.15) is 83.5 Å². The topological polar surface area (TPSA) is 15.3 Å². The quantitative estimate of drug-likeness (QED) is 0.805. The van der Waals surface area contributed by atoms with E-state index in [1.807, 2.05) is 0 Å². The molecule has 0 radical (unpaired) electrons. The summed E-state index contributed by atoms with van der Waals surface area (Å²) < 4.78 is 0. The van der Waals surface area contributed by atoms with Crippen molar-refractivity contribution in [2.45, 2.75) is 95.6 Å². The summed E-state index contributed by atoms with van der Waals surface area (Å²) in [6.45, 7) is 2.43. The van der Waals surface area contributed by atoms with Crippen LogP contribution in [0.2, 0.25) is 0 Å². The lowest BCUT2D eigenvalue weighted by molar-refractivity contribution is 0.305. The standard InChI is InChI=1S/C18H36N2/c1-20(18-13-14-18)16-15-19-17-11-9-7-5-3-2-4-6-8-10-12-17/h17-19H,2-16H2,1H3. The maximum atomic E-state index is 3.85. The van der Waals surface area contributed by atoms with Gasteiger partial charge in [-0.05, 0) is 32.7 Å². The second-order valence-electron chi connectivity index (χ2n) is 7.12. The molecule has 2 aliphatic carbocycles. The van der Waals surface area contributed by atoms with Gasteiger partial charge in [-0.25, -0.2) is 0 Å². The largest absolute Gasteiger partial charge is 0.313 e. The molecule has 2 fully saturated rings. The average molecular weight is 280 g/mol. The Hall–Kier alpha value is -0.0800. The van der Waals surface area contributed by atoms with Crippen molar-refractivity contribution in [3.63, 3.8) is 0 Å². The van der Waals surface area contributed by atoms with Crippen LogP contribution < -0.4 is 5.32 Å². The highest BCUT2D eigenvalue weighted by atomic mass is 15.2. The maximum absolute atomic E-state index is 3.85. The molecule has 0 saturated heterocycles. The molecule has 1 N–H and O–H groups in total. The van der Waals surface area contributed by atoms with Gasteiger partial charge >= 0.3 is 0 Å². The fourth-order valence-electron chi connectivity index (χ4n) is 3.51. The van der Waals surface area contributed by atoms with Crippen LogP contribution >= 0.6 is 0 Å². The smallest absolute Gasteiger partial charge is 0.0107 e. The highest BCUT2D eigenvalue weighted by Crippen LogP contribution is 2.24. The van der Waals surface area contributed by atoms with Gasteiger partial charge in [0.05, 0.1) is 0 Å². The van der Waals surface area contributed by atoms with Crippen molar-refractivity contribution in [3.05, 3.63) is 0 Å². The summed E-state index contributed by atoms with van der Waals surface area (Å²) in [6, 6.07) is 1.70. The Balaban J connectivity index is 1.60. The van der Waals surface area contributed by atoms with Crippen molar-refractivity contribution in [1.82, 2.24) is 10.2 Å². The first-order valence-corrected chi connectivity index (χ1v) is 9.30. The second-order valence-corrected chi connectivity index (χ2v) is 7.12. The molecule has 2 nitrogen and oxygen atoms in total. The molecule has 0 aromatic rings. The average Bonchev–Trinajstić information content (AvgIpc) is 3.25. The van der Waals surface area contributed by atoms with E-state index in [-0.39, 0.29) is 0 Å². The zero-order chi connectivity index (χ0) is 14.0. The highest BCUT2D eigenvalue weighted by Gasteiger charge is 2.25. The van der Waals surface area contributed by atoms with Gasteiger partial charge in [-0.2, -0.15) is 0 Å². The van der Waals surface area contributed by atoms with Gasteiger partial charge in [-0.15, -0.1) is 0 Å². The van der Waals surface area contributed by atoms with Crippen molar-refractivity contribution in [2.24, 2.45) is 0 Å². The summed E-state index contributed by atoms with van der Waals surface area (Å²) in [5, 5.41) is 3.85. The summed E-state index contributed by atoms with van der Waals surface area (Å²) >= 11 is 0. The van der Waals surface area contributed by atoms with Gasteiger partial charge < -0.3 is 10.2 Å². The molecule has 118 valence electrons. The third kappa shape index (κ3) is 7.08. The molecule has 2 aliphatic rings. The predicted molar refractivity (Wildman–Crippen MR) is 88.2 cm³/mol. The lowest BCUT2D eigenvalue weighted by Gasteiger charge is -2.22. The van der Waals surface area contributed by atoms with E-state index in [9.17, 15) is 0 Å². The Labute approximate surface area is 126 Å². The van der Waals surface area contributed by atoms with E-state index >= 15 is 0 Å². The van der Waals surface area contributed by atoms with Gasteiger partial charge in [0.25, 0.3) is 0 Å². The Morgan fingerprint density at radius 1 is 0.750 bits per heavy atom. The van der Waals surface area contributed by atoms with Crippen LogP contribution in [0, 0.1) is 0 Å². The van der Waals surface area contributed by atoms with Gasteiger partial charge in [-0.3, -0.25) is 0 Å². The van der Waals surface area contributed by atoms with Crippen molar-refractivity contribution in [3.8, 4) is 0 Å². The van der Waals surface area contributed by atoms with E-state index in [1.165, 1.54) is 96.6 Å². The third-order valence-electron chi connectivity index (χ3n) is 5.17. The molecule has 20 heavy (non-hydrogen) atoms. The molecule has 0 atom stereocenters. The van der Waals surface area contributed by atoms with E-state index in [2.05, 4.69) is 17.3 Å². The summed E-state index contributed by atoms with van der Waals surface area (Å²) in [5.74, 6) is 0. The first kappa shape index (κ1) is 16.3. The van der Waals surface area contributed by atoms with E-state index in [0.29, 0.717) is 0 Å². The monoisotopic (exact) mass is 280 g/mol. The zero-order valence-electron chi connectivity index (χ0n) is 13.7. The first-order chi connectivity index (χ1) is 9.86. The molecule has 0 heterocycles. The van der Waals surface area contributed by atoms with Gasteiger partial charge in [0, 0.05) is 25.2 Å². The fraction of sp³-hybridized carbons (Fsp3) is 1.00. The number of rotatable bonds is 5. The Morgan fingerprint density at radius 3 is 1.75 bits per heavy atom. The number of likely N-dealkylation sites (N-methyl/N-ethyl adjacent to an activating group) is 1. The molecule has 0 bridgehead atoms. The number of nitrogens with one attached hydrogen (secondary N) is 1. The molecule has 2 saturated carbocycles. The van der Waals surface area contributed by atoms with E-state index in [4.69, 9.17) is 0 Å². The SMILES string of the molecule is CN(CCNC1CCCCCCCCCCC1)C1CC1. The molecular weight excluding hydrogens is 244 g/mol. The Bertz CT molecular complexity index is 226. The zero-order valence-corrected chi connectivity index (χ0v) is 13.7. The molecule has 0 aromatic carbocycles. The van der Waals surface area contributed by atoms with Crippen LogP contribution in [0.5, 0.6) is 0 Å². The van der Waals surface area contributed by atoms with Crippen LogP contribution in [-0.2, 0) is 0 Å². The van der Waals surface area contributed by atoms with E-state index in [1.54, 1.807) is 0 Å². The van der Waals surface area contributed by atoms with Crippen LogP contribution in [0.15, 0.2) is 0 Å². The van der Waals surface area contributed by atoms with Crippen molar-refractivity contribution < 1.29 is 0 Å². The number of nitrogens with zero attached hydrogens (tertiary/aromatic N) is 1. The highest BCUT2D eigenvalue weighted by molar-refractivity contribution is 4.82. The summed E-state index contributed by atoms with van der Waals surface area (Å²) in [4.78, 5) is 2.54. The van der Waals surface area contributed by atoms with E-state index < -0.39 is 0 Å². The molecule has 2 heteroatoms. The maximum Gasteiger partial charge on any atom is 0.0107 e. The Kier molecular flexibility index (Phi) is 7.97. The molecule has 0 aromatic heterocycles. The van der Waals surface area contributed by atoms with Crippen LogP contribution in [0.3, 0.4) is 0 Å². The van der Waals surface area contributed by atoms with Crippen molar-refractivity contribution in [1.29, 1.82) is 0 Å². The lowest BCUT2D eigenvalue weighted by Crippen LogP contribution is -2.36. The molecular formula is C18H36N2. The Morgan fingerprint density at radius 2 is 1.25 bits per heavy atom. The van der Waals surface area contributed by atoms with Crippen LogP contribution in [0.4, 0.5) is 0 Å².